The largest absolute Gasteiger partial charge is 0.492 e. The van der Waals surface area contributed by atoms with Crippen LogP contribution in [0, 0.1) is 0 Å². The van der Waals surface area contributed by atoms with Crippen LogP contribution in [0.1, 0.15) is 20.3 Å². The van der Waals surface area contributed by atoms with Crippen molar-refractivity contribution in [1.29, 1.82) is 0 Å². The predicted molar refractivity (Wildman–Crippen MR) is 118 cm³/mol. The van der Waals surface area contributed by atoms with Gasteiger partial charge in [-0.25, -0.2) is 15.0 Å². The molecule has 0 aliphatic carbocycles. The molecule has 3 aromatic rings. The first-order valence-corrected chi connectivity index (χ1v) is 10.4. The molecule has 0 spiro atoms. The fourth-order valence-corrected chi connectivity index (χ4v) is 3.03. The summed E-state index contributed by atoms with van der Waals surface area (Å²) in [6.07, 6.45) is 2.17. The molecule has 3 aromatic heterocycles. The van der Waals surface area contributed by atoms with E-state index in [4.69, 9.17) is 21.1 Å². The Kier molecular flexibility index (Phi) is 7.41. The topological polar surface area (TPSA) is 108 Å². The molecule has 0 aromatic carbocycles. The van der Waals surface area contributed by atoms with Crippen LogP contribution < -0.4 is 20.3 Å². The standard InChI is InChI=1S/C21H24ClN5O4/c1-13(2)24-17(28)12-27-20(16-6-4-7-18(25-16)30-3)26-19-15(21(27)29)10-14(11-23-19)31-9-5-8-22/h4,6-7,10-11,13H,5,8-9,12H2,1-3H3,(H,24,28). The van der Waals surface area contributed by atoms with E-state index >= 15 is 0 Å². The first kappa shape index (κ1) is 22.5. The summed E-state index contributed by atoms with van der Waals surface area (Å²) in [6.45, 7) is 3.88. The lowest BCUT2D eigenvalue weighted by molar-refractivity contribution is -0.122. The van der Waals surface area contributed by atoms with E-state index in [1.54, 1.807) is 24.3 Å². The number of amides is 1. The molecule has 9 nitrogen and oxygen atoms in total. The molecule has 0 atom stereocenters. The Morgan fingerprint density at radius 1 is 1.29 bits per heavy atom. The summed E-state index contributed by atoms with van der Waals surface area (Å²) in [5, 5.41) is 3.03. The molecule has 0 fully saturated rings. The van der Waals surface area contributed by atoms with Crippen LogP contribution in [0.2, 0.25) is 0 Å². The average molecular weight is 446 g/mol. The molecule has 0 radical (unpaired) electrons. The van der Waals surface area contributed by atoms with Gasteiger partial charge in [-0.1, -0.05) is 6.07 Å². The zero-order valence-corrected chi connectivity index (χ0v) is 18.3. The minimum atomic E-state index is -0.418. The molecule has 1 N–H and O–H groups in total. The molecule has 0 bridgehead atoms. The molecular weight excluding hydrogens is 422 g/mol. The van der Waals surface area contributed by atoms with Crippen LogP contribution in [0.15, 0.2) is 35.3 Å². The van der Waals surface area contributed by atoms with E-state index in [0.717, 1.165) is 0 Å². The number of pyridine rings is 2. The van der Waals surface area contributed by atoms with E-state index in [1.807, 2.05) is 13.8 Å². The molecule has 3 heterocycles. The highest BCUT2D eigenvalue weighted by molar-refractivity contribution is 6.17. The third-order valence-corrected chi connectivity index (χ3v) is 4.51. The lowest BCUT2D eigenvalue weighted by Gasteiger charge is -2.15. The van der Waals surface area contributed by atoms with Crippen molar-refractivity contribution in [2.45, 2.75) is 32.9 Å². The zero-order valence-electron chi connectivity index (χ0n) is 17.6. The second kappa shape index (κ2) is 10.2. The lowest BCUT2D eigenvalue weighted by Crippen LogP contribution is -2.37. The maximum atomic E-state index is 13.3. The molecule has 0 aliphatic rings. The zero-order chi connectivity index (χ0) is 22.4. The summed E-state index contributed by atoms with van der Waals surface area (Å²) in [5.74, 6) is 1.17. The molecule has 3 rings (SSSR count). The normalized spacial score (nSPS) is 11.0. The van der Waals surface area contributed by atoms with Crippen molar-refractivity contribution in [3.05, 3.63) is 40.8 Å². The Morgan fingerprint density at radius 2 is 2.10 bits per heavy atom. The van der Waals surface area contributed by atoms with E-state index in [-0.39, 0.29) is 35.4 Å². The van der Waals surface area contributed by atoms with Gasteiger partial charge in [-0.15, -0.1) is 11.6 Å². The number of hydrogen-bond acceptors (Lipinski definition) is 7. The summed E-state index contributed by atoms with van der Waals surface area (Å²) >= 11 is 5.68. The number of carbonyl (C=O) groups is 1. The number of fused-ring (bicyclic) bond motifs is 1. The monoisotopic (exact) mass is 445 g/mol. The van der Waals surface area contributed by atoms with Gasteiger partial charge in [-0.05, 0) is 32.4 Å². The first-order valence-electron chi connectivity index (χ1n) is 9.83. The van der Waals surface area contributed by atoms with Crippen molar-refractivity contribution in [2.75, 3.05) is 19.6 Å². The number of alkyl halides is 1. The third kappa shape index (κ3) is 5.49. The fraction of sp³-hybridized carbons (Fsp3) is 0.381. The molecule has 0 saturated heterocycles. The number of aromatic nitrogens is 4. The van der Waals surface area contributed by atoms with Gasteiger partial charge in [0.1, 0.15) is 18.0 Å². The summed E-state index contributed by atoms with van der Waals surface area (Å²) < 4.78 is 12.1. The average Bonchev–Trinajstić information content (AvgIpc) is 2.75. The summed E-state index contributed by atoms with van der Waals surface area (Å²) in [4.78, 5) is 39.0. The van der Waals surface area contributed by atoms with E-state index in [9.17, 15) is 9.59 Å². The Morgan fingerprint density at radius 3 is 2.81 bits per heavy atom. The smallest absolute Gasteiger partial charge is 0.263 e. The van der Waals surface area contributed by atoms with E-state index < -0.39 is 5.56 Å². The second-order valence-corrected chi connectivity index (χ2v) is 7.43. The number of halogens is 1. The van der Waals surface area contributed by atoms with Gasteiger partial charge in [0.25, 0.3) is 5.56 Å². The van der Waals surface area contributed by atoms with Gasteiger partial charge in [0.15, 0.2) is 11.5 Å². The highest BCUT2D eigenvalue weighted by Crippen LogP contribution is 2.21. The molecule has 0 unspecified atom stereocenters. The molecule has 31 heavy (non-hydrogen) atoms. The van der Waals surface area contributed by atoms with Crippen molar-refractivity contribution in [3.8, 4) is 23.1 Å². The number of rotatable bonds is 9. The van der Waals surface area contributed by atoms with Gasteiger partial charge in [-0.2, -0.15) is 0 Å². The van der Waals surface area contributed by atoms with E-state index in [1.165, 1.54) is 17.9 Å². The van der Waals surface area contributed by atoms with Gasteiger partial charge >= 0.3 is 0 Å². The minimum absolute atomic E-state index is 0.0707. The highest BCUT2D eigenvalue weighted by atomic mass is 35.5. The number of carbonyl (C=O) groups excluding carboxylic acids is 1. The van der Waals surface area contributed by atoms with Crippen molar-refractivity contribution in [3.63, 3.8) is 0 Å². The van der Waals surface area contributed by atoms with Gasteiger partial charge in [0.05, 0.1) is 25.3 Å². The third-order valence-electron chi connectivity index (χ3n) is 4.24. The van der Waals surface area contributed by atoms with Gasteiger partial charge < -0.3 is 14.8 Å². The molecule has 164 valence electrons. The fourth-order valence-electron chi connectivity index (χ4n) is 2.92. The van der Waals surface area contributed by atoms with Crippen LogP contribution in [-0.2, 0) is 11.3 Å². The number of methoxy groups -OCH3 is 1. The van der Waals surface area contributed by atoms with Crippen molar-refractivity contribution in [2.24, 2.45) is 0 Å². The Bertz CT molecular complexity index is 1130. The Balaban J connectivity index is 2.13. The maximum absolute atomic E-state index is 13.3. The number of ether oxygens (including phenoxy) is 2. The lowest BCUT2D eigenvalue weighted by atomic mass is 10.2. The van der Waals surface area contributed by atoms with Crippen LogP contribution in [-0.4, -0.2) is 51.1 Å². The summed E-state index contributed by atoms with van der Waals surface area (Å²) in [6, 6.07) is 6.61. The molecule has 10 heteroatoms. The maximum Gasteiger partial charge on any atom is 0.263 e. The van der Waals surface area contributed by atoms with Crippen LogP contribution in [0.25, 0.3) is 22.6 Å². The second-order valence-electron chi connectivity index (χ2n) is 7.05. The van der Waals surface area contributed by atoms with Crippen LogP contribution in [0.4, 0.5) is 0 Å². The Hall–Kier alpha value is -3.20. The van der Waals surface area contributed by atoms with Gasteiger partial charge in [0, 0.05) is 18.0 Å². The molecular formula is C21H24ClN5O4. The number of nitrogens with one attached hydrogen (secondary N) is 1. The quantitative estimate of drug-likeness (QED) is 0.398. The van der Waals surface area contributed by atoms with Crippen molar-refractivity contribution >= 4 is 28.5 Å². The molecule has 1 amide bonds. The van der Waals surface area contributed by atoms with Crippen molar-refractivity contribution in [1.82, 2.24) is 24.8 Å². The predicted octanol–water partition coefficient (Wildman–Crippen LogP) is 2.39. The molecule has 0 saturated carbocycles. The first-order chi connectivity index (χ1) is 14.9. The highest BCUT2D eigenvalue weighted by Gasteiger charge is 2.18. The van der Waals surface area contributed by atoms with E-state index in [2.05, 4.69) is 20.3 Å². The summed E-state index contributed by atoms with van der Waals surface area (Å²) in [7, 11) is 1.50. The van der Waals surface area contributed by atoms with Crippen LogP contribution >= 0.6 is 11.6 Å². The van der Waals surface area contributed by atoms with E-state index in [0.29, 0.717) is 36.2 Å². The van der Waals surface area contributed by atoms with Crippen LogP contribution in [0.5, 0.6) is 11.6 Å². The number of nitrogens with zero attached hydrogens (tertiary/aromatic N) is 4. The SMILES string of the molecule is COc1cccc(-c2nc3ncc(OCCCCl)cc3c(=O)n2CC(=O)NC(C)C)n1. The number of hydrogen-bond donors (Lipinski definition) is 1. The summed E-state index contributed by atoms with van der Waals surface area (Å²) in [5.41, 5.74) is 0.202. The van der Waals surface area contributed by atoms with Gasteiger partial charge in [-0.3, -0.25) is 14.2 Å². The van der Waals surface area contributed by atoms with Crippen molar-refractivity contribution < 1.29 is 14.3 Å². The van der Waals surface area contributed by atoms with Gasteiger partial charge in [0.2, 0.25) is 11.8 Å². The van der Waals surface area contributed by atoms with Crippen LogP contribution in [0.3, 0.4) is 0 Å². The minimum Gasteiger partial charge on any atom is -0.492 e. The Labute approximate surface area is 184 Å². The molecule has 0 aliphatic heterocycles.